The van der Waals surface area contributed by atoms with Gasteiger partial charge in [0.15, 0.2) is 0 Å². The van der Waals surface area contributed by atoms with Crippen LogP contribution in [0.1, 0.15) is 82.7 Å². The van der Waals surface area contributed by atoms with Crippen molar-refractivity contribution in [3.05, 3.63) is 78.0 Å². The van der Waals surface area contributed by atoms with Crippen LogP contribution in [0.25, 0.3) is 44.2 Å². The van der Waals surface area contributed by atoms with Gasteiger partial charge in [-0.1, -0.05) is 24.8 Å². The lowest BCUT2D eigenvalue weighted by molar-refractivity contribution is -0.133. The number of methoxy groups -OCH3 is 1. The molecule has 2 aromatic heterocycles. The number of imidazole rings is 2. The van der Waals surface area contributed by atoms with Gasteiger partial charge in [0.05, 0.1) is 42.1 Å². The fraction of sp³-hybridized carbons (Fsp3) is 0.390. The van der Waals surface area contributed by atoms with Gasteiger partial charge in [-0.25, -0.2) is 19.6 Å². The summed E-state index contributed by atoms with van der Waals surface area (Å²) in [5, 5.41) is 4.59. The number of benzene rings is 3. The van der Waals surface area contributed by atoms with Crippen LogP contribution in [0.5, 0.6) is 5.75 Å². The minimum Gasteiger partial charge on any atom is -0.488 e. The third-order valence-electron chi connectivity index (χ3n) is 10.5. The second-order valence-electron chi connectivity index (χ2n) is 15.4. The Labute approximate surface area is 313 Å². The average molecular weight is 732 g/mol. The van der Waals surface area contributed by atoms with Crippen LogP contribution in [-0.4, -0.2) is 79.7 Å². The standard InChI is InChI=1S/C41H45N7O6/c1-22(2)34(46-39(50)52-6)38(49)47-15-7-10-32(47)37-43-29-14-12-23-18-28-26-13-11-24(17-25(26)21-53-33(28)19-27(23)35(29)45-37)30-20-42-36(44-30)31-9-8-16-48(31)40(51)54-41(3,4)5/h11-14,17-20,31-32,34H,1,7-10,15-16,21H2,2-6H3,(H,42,44)(H,43,45)(H,46,50)/t31?,32-,34-/m0/s1. The van der Waals surface area contributed by atoms with Crippen LogP contribution >= 0.6 is 0 Å². The first kappa shape index (κ1) is 35.2. The van der Waals surface area contributed by atoms with Gasteiger partial charge in [-0.3, -0.25) is 9.69 Å². The zero-order valence-electron chi connectivity index (χ0n) is 31.2. The van der Waals surface area contributed by atoms with Crippen molar-refractivity contribution in [2.45, 2.75) is 83.7 Å². The van der Waals surface area contributed by atoms with Crippen LogP contribution < -0.4 is 10.1 Å². The largest absolute Gasteiger partial charge is 0.488 e. The smallest absolute Gasteiger partial charge is 0.410 e. The Bertz CT molecular complexity index is 2320. The predicted molar refractivity (Wildman–Crippen MR) is 204 cm³/mol. The fourth-order valence-corrected chi connectivity index (χ4v) is 7.93. The first-order valence-corrected chi connectivity index (χ1v) is 18.5. The zero-order chi connectivity index (χ0) is 37.9. The number of likely N-dealkylation sites (tertiary alicyclic amines) is 2. The molecule has 3 aliphatic heterocycles. The summed E-state index contributed by atoms with van der Waals surface area (Å²) < 4.78 is 16.8. The normalized spacial score (nSPS) is 18.6. The molecule has 13 heteroatoms. The molecule has 3 N–H and O–H groups in total. The molecule has 2 fully saturated rings. The summed E-state index contributed by atoms with van der Waals surface area (Å²) in [6.45, 7) is 12.9. The van der Waals surface area contributed by atoms with Crippen molar-refractivity contribution in [1.82, 2.24) is 35.1 Å². The number of aromatic nitrogens is 4. The number of hydrogen-bond acceptors (Lipinski definition) is 8. The Morgan fingerprint density at radius 3 is 2.48 bits per heavy atom. The molecule has 0 saturated carbocycles. The predicted octanol–water partition coefficient (Wildman–Crippen LogP) is 7.70. The summed E-state index contributed by atoms with van der Waals surface area (Å²) in [7, 11) is 1.27. The van der Waals surface area contributed by atoms with Gasteiger partial charge in [-0.15, -0.1) is 0 Å². The summed E-state index contributed by atoms with van der Waals surface area (Å²) in [6.07, 6.45) is 4.10. The maximum atomic E-state index is 13.7. The van der Waals surface area contributed by atoms with E-state index in [1.165, 1.54) is 7.11 Å². The van der Waals surface area contributed by atoms with E-state index < -0.39 is 17.7 Å². The highest BCUT2D eigenvalue weighted by Crippen LogP contribution is 2.43. The van der Waals surface area contributed by atoms with Gasteiger partial charge >= 0.3 is 12.2 Å². The van der Waals surface area contributed by atoms with E-state index in [0.29, 0.717) is 31.1 Å². The molecule has 5 aromatic rings. The lowest BCUT2D eigenvalue weighted by Gasteiger charge is -2.28. The molecule has 3 aliphatic rings. The molecule has 3 atom stereocenters. The fourth-order valence-electron chi connectivity index (χ4n) is 7.93. The zero-order valence-corrected chi connectivity index (χ0v) is 31.2. The lowest BCUT2D eigenvalue weighted by atomic mass is 9.92. The van der Waals surface area contributed by atoms with Crippen LogP contribution in [0.15, 0.2) is 60.8 Å². The Kier molecular flexibility index (Phi) is 8.82. The molecule has 280 valence electrons. The topological polar surface area (TPSA) is 155 Å². The van der Waals surface area contributed by atoms with Gasteiger partial charge in [-0.2, -0.15) is 0 Å². The summed E-state index contributed by atoms with van der Waals surface area (Å²) in [4.78, 5) is 58.8. The number of hydrogen-bond donors (Lipinski definition) is 3. The van der Waals surface area contributed by atoms with Crippen LogP contribution in [-0.2, 0) is 20.9 Å². The van der Waals surface area contributed by atoms with Crippen LogP contribution in [0.2, 0.25) is 0 Å². The van der Waals surface area contributed by atoms with Crippen molar-refractivity contribution in [2.75, 3.05) is 20.2 Å². The molecule has 0 aliphatic carbocycles. The molecule has 8 rings (SSSR count). The van der Waals surface area contributed by atoms with E-state index >= 15 is 0 Å². The van der Waals surface area contributed by atoms with Crippen molar-refractivity contribution < 1.29 is 28.6 Å². The van der Waals surface area contributed by atoms with E-state index in [2.05, 4.69) is 58.3 Å². The molecule has 2 saturated heterocycles. The number of carbonyl (C=O) groups excluding carboxylic acids is 3. The minimum atomic E-state index is -0.892. The number of rotatable bonds is 6. The van der Waals surface area contributed by atoms with Crippen molar-refractivity contribution in [3.63, 3.8) is 0 Å². The van der Waals surface area contributed by atoms with E-state index in [-0.39, 0.29) is 24.1 Å². The van der Waals surface area contributed by atoms with Crippen LogP contribution in [0.3, 0.4) is 0 Å². The first-order valence-electron chi connectivity index (χ1n) is 18.5. The van der Waals surface area contributed by atoms with E-state index in [9.17, 15) is 14.4 Å². The number of nitrogens with one attached hydrogen (secondary N) is 3. The first-order chi connectivity index (χ1) is 25.9. The maximum Gasteiger partial charge on any atom is 0.410 e. The highest BCUT2D eigenvalue weighted by molar-refractivity contribution is 6.07. The maximum absolute atomic E-state index is 13.7. The van der Waals surface area contributed by atoms with Crippen molar-refractivity contribution >= 4 is 39.9 Å². The van der Waals surface area contributed by atoms with E-state index in [4.69, 9.17) is 24.2 Å². The van der Waals surface area contributed by atoms with E-state index in [1.54, 1.807) is 16.7 Å². The van der Waals surface area contributed by atoms with Gasteiger partial charge in [0.1, 0.15) is 35.6 Å². The monoisotopic (exact) mass is 731 g/mol. The third kappa shape index (κ3) is 6.41. The number of carbonyl (C=O) groups is 3. The van der Waals surface area contributed by atoms with E-state index in [1.807, 2.05) is 33.0 Å². The third-order valence-corrected chi connectivity index (χ3v) is 10.5. The molecular weight excluding hydrogens is 686 g/mol. The Hall–Kier alpha value is -5.85. The van der Waals surface area contributed by atoms with Crippen LogP contribution in [0.4, 0.5) is 9.59 Å². The molecule has 13 nitrogen and oxygen atoms in total. The molecule has 5 heterocycles. The Balaban J connectivity index is 1.05. The van der Waals surface area contributed by atoms with Gasteiger partial charge < -0.3 is 34.4 Å². The highest BCUT2D eigenvalue weighted by Gasteiger charge is 2.37. The van der Waals surface area contributed by atoms with Gasteiger partial charge in [0.25, 0.3) is 0 Å². The SMILES string of the molecule is C=C(C)[C@H](NC(=O)OC)C(=O)N1CCC[C@H]1c1nc2c(ccc3cc4c(cc32)OCc2cc(-c3cnc(C5CCCN5C(=O)OC(C)(C)C)[nH]3)ccc2-4)[nH]1. The summed E-state index contributed by atoms with van der Waals surface area (Å²) >= 11 is 0. The quantitative estimate of drug-likeness (QED) is 0.150. The second-order valence-corrected chi connectivity index (χ2v) is 15.4. The number of H-pyrrole nitrogens is 2. The summed E-state index contributed by atoms with van der Waals surface area (Å²) in [5.74, 6) is 2.00. The number of alkyl carbamates (subject to hydrolysis) is 1. The van der Waals surface area contributed by atoms with Gasteiger partial charge in [0, 0.05) is 24.0 Å². The molecule has 3 aromatic carbocycles. The van der Waals surface area contributed by atoms with Gasteiger partial charge in [0.2, 0.25) is 5.91 Å². The Morgan fingerprint density at radius 2 is 1.74 bits per heavy atom. The number of amides is 3. The average Bonchev–Trinajstić information content (AvgIpc) is 3.97. The van der Waals surface area contributed by atoms with Crippen molar-refractivity contribution in [3.8, 4) is 28.1 Å². The number of fused-ring (bicyclic) bond motifs is 6. The second kappa shape index (κ2) is 13.5. The Morgan fingerprint density at radius 1 is 0.981 bits per heavy atom. The highest BCUT2D eigenvalue weighted by atomic mass is 16.6. The number of ether oxygens (including phenoxy) is 3. The summed E-state index contributed by atoms with van der Waals surface area (Å²) in [6, 6.07) is 13.3. The molecule has 0 radical (unpaired) electrons. The molecule has 54 heavy (non-hydrogen) atoms. The van der Waals surface area contributed by atoms with Crippen molar-refractivity contribution in [2.24, 2.45) is 0 Å². The van der Waals surface area contributed by atoms with Crippen LogP contribution in [0, 0.1) is 0 Å². The number of aromatic amines is 2. The molecule has 0 bridgehead atoms. The molecule has 3 amide bonds. The summed E-state index contributed by atoms with van der Waals surface area (Å²) in [5.41, 5.74) is 6.67. The number of nitrogens with zero attached hydrogens (tertiary/aromatic N) is 4. The van der Waals surface area contributed by atoms with E-state index in [0.717, 1.165) is 87.0 Å². The van der Waals surface area contributed by atoms with Crippen molar-refractivity contribution in [1.29, 1.82) is 0 Å². The molecular formula is C41H45N7O6. The molecule has 1 unspecified atom stereocenters. The van der Waals surface area contributed by atoms with Gasteiger partial charge in [-0.05, 0) is 105 Å². The lowest BCUT2D eigenvalue weighted by Crippen LogP contribution is -2.49. The minimum absolute atomic E-state index is 0.157. The molecule has 0 spiro atoms.